The van der Waals surface area contributed by atoms with Gasteiger partial charge >= 0.3 is 5.69 Å². The van der Waals surface area contributed by atoms with Crippen LogP contribution in [-0.4, -0.2) is 47.0 Å². The van der Waals surface area contributed by atoms with Crippen molar-refractivity contribution in [3.05, 3.63) is 33.1 Å². The molecule has 8 heteroatoms. The highest BCUT2D eigenvalue weighted by molar-refractivity contribution is 6.32. The van der Waals surface area contributed by atoms with Gasteiger partial charge in [-0.05, 0) is 12.5 Å². The van der Waals surface area contributed by atoms with E-state index in [1.807, 2.05) is 0 Å². The molecule has 1 fully saturated rings. The average molecular weight is 286 g/mol. The number of ether oxygens (including phenoxy) is 1. The smallest absolute Gasteiger partial charge is 0.319 e. The van der Waals surface area contributed by atoms with E-state index >= 15 is 0 Å². The molecule has 2 rings (SSSR count). The molecule has 2 heterocycles. The molecule has 1 aromatic rings. The second-order valence-corrected chi connectivity index (χ2v) is 4.51. The fraction of sp³-hybridized carbons (Fsp3) is 0.455. The van der Waals surface area contributed by atoms with Gasteiger partial charge in [-0.2, -0.15) is 0 Å². The van der Waals surface area contributed by atoms with E-state index in [4.69, 9.17) is 16.3 Å². The van der Waals surface area contributed by atoms with Crippen LogP contribution in [0, 0.1) is 10.1 Å². The third-order valence-corrected chi connectivity index (χ3v) is 3.33. The summed E-state index contributed by atoms with van der Waals surface area (Å²) in [6.07, 6.45) is 1.97. The molecular weight excluding hydrogens is 274 g/mol. The van der Waals surface area contributed by atoms with Crippen LogP contribution in [0.5, 0.6) is 0 Å². The van der Waals surface area contributed by atoms with Gasteiger partial charge in [0, 0.05) is 26.4 Å². The first-order chi connectivity index (χ1) is 9.04. The lowest BCUT2D eigenvalue weighted by Gasteiger charge is -2.16. The molecule has 0 radical (unpaired) electrons. The summed E-state index contributed by atoms with van der Waals surface area (Å²) in [5.74, 6) is -0.421. The lowest BCUT2D eigenvalue weighted by atomic mass is 10.2. The van der Waals surface area contributed by atoms with E-state index in [1.165, 1.54) is 17.2 Å². The van der Waals surface area contributed by atoms with Gasteiger partial charge in [0.25, 0.3) is 5.91 Å². The van der Waals surface area contributed by atoms with Gasteiger partial charge < -0.3 is 9.64 Å². The predicted molar refractivity (Wildman–Crippen MR) is 67.2 cm³/mol. The Morgan fingerprint density at radius 2 is 2.42 bits per heavy atom. The van der Waals surface area contributed by atoms with E-state index < -0.39 is 16.5 Å². The lowest BCUT2D eigenvalue weighted by Crippen LogP contribution is -2.30. The van der Waals surface area contributed by atoms with E-state index in [9.17, 15) is 14.9 Å². The van der Waals surface area contributed by atoms with Crippen LogP contribution in [0.3, 0.4) is 0 Å². The summed E-state index contributed by atoms with van der Waals surface area (Å²) >= 11 is 5.68. The summed E-state index contributed by atoms with van der Waals surface area (Å²) in [6.45, 7) is 0.931. The highest BCUT2D eigenvalue weighted by Crippen LogP contribution is 2.28. The topological polar surface area (TPSA) is 85.6 Å². The van der Waals surface area contributed by atoms with Crippen LogP contribution < -0.4 is 0 Å². The first-order valence-corrected chi connectivity index (χ1v) is 6.03. The van der Waals surface area contributed by atoms with E-state index in [1.54, 1.807) is 7.11 Å². The zero-order chi connectivity index (χ0) is 14.0. The number of carbonyl (C=O) groups is 1. The Bertz CT molecular complexity index is 523. The van der Waals surface area contributed by atoms with E-state index in [2.05, 4.69) is 4.98 Å². The van der Waals surface area contributed by atoms with Gasteiger partial charge in [0.2, 0.25) is 5.15 Å². The Kier molecular flexibility index (Phi) is 3.96. The molecule has 1 aliphatic rings. The second-order valence-electron chi connectivity index (χ2n) is 4.15. The van der Waals surface area contributed by atoms with Crippen LogP contribution in [0.2, 0.25) is 5.15 Å². The number of aromatic nitrogens is 1. The Hall–Kier alpha value is -1.73. The normalized spacial score (nSPS) is 18.6. The number of halogens is 1. The molecule has 0 bridgehead atoms. The monoisotopic (exact) mass is 285 g/mol. The minimum absolute atomic E-state index is 0.0275. The number of hydrogen-bond donors (Lipinski definition) is 0. The van der Waals surface area contributed by atoms with Crippen LogP contribution >= 0.6 is 11.6 Å². The number of rotatable bonds is 3. The highest BCUT2D eigenvalue weighted by Gasteiger charge is 2.32. The molecule has 0 N–H and O–H groups in total. The van der Waals surface area contributed by atoms with Crippen molar-refractivity contribution >= 4 is 23.2 Å². The quantitative estimate of drug-likeness (QED) is 0.477. The summed E-state index contributed by atoms with van der Waals surface area (Å²) in [5, 5.41) is 10.7. The molecule has 0 spiro atoms. The lowest BCUT2D eigenvalue weighted by molar-refractivity contribution is -0.385. The largest absolute Gasteiger partial charge is 0.380 e. The number of nitrogens with zero attached hydrogens (tertiary/aromatic N) is 3. The Morgan fingerprint density at radius 1 is 1.68 bits per heavy atom. The van der Waals surface area contributed by atoms with Crippen molar-refractivity contribution in [1.82, 2.24) is 9.88 Å². The van der Waals surface area contributed by atoms with Crippen molar-refractivity contribution < 1.29 is 14.5 Å². The first kappa shape index (κ1) is 13.7. The fourth-order valence-corrected chi connectivity index (χ4v) is 2.28. The van der Waals surface area contributed by atoms with Gasteiger partial charge in [0.05, 0.1) is 11.0 Å². The average Bonchev–Trinajstić information content (AvgIpc) is 2.85. The summed E-state index contributed by atoms with van der Waals surface area (Å²) in [4.78, 5) is 27.7. The van der Waals surface area contributed by atoms with E-state index in [0.29, 0.717) is 13.1 Å². The van der Waals surface area contributed by atoms with Crippen molar-refractivity contribution in [2.24, 2.45) is 0 Å². The molecule has 1 saturated heterocycles. The first-order valence-electron chi connectivity index (χ1n) is 5.65. The van der Waals surface area contributed by atoms with Crippen molar-refractivity contribution in [3.8, 4) is 0 Å². The molecule has 1 atom stereocenters. The number of amides is 1. The molecule has 0 aromatic carbocycles. The zero-order valence-electron chi connectivity index (χ0n) is 10.2. The van der Waals surface area contributed by atoms with Gasteiger partial charge in [0.1, 0.15) is 5.56 Å². The predicted octanol–water partition coefficient (Wildman–Crippen LogP) is 1.50. The maximum atomic E-state index is 12.3. The van der Waals surface area contributed by atoms with Crippen molar-refractivity contribution in [2.75, 3.05) is 20.2 Å². The molecule has 1 aliphatic heterocycles. The van der Waals surface area contributed by atoms with Crippen LogP contribution in [0.15, 0.2) is 12.3 Å². The summed E-state index contributed by atoms with van der Waals surface area (Å²) in [7, 11) is 1.57. The standard InChI is InChI=1S/C11H12ClN3O4/c1-19-7-3-5-14(6-7)11(16)8-2-4-13-10(12)9(8)15(17)18/h2,4,7H,3,5-6H2,1H3. The fourth-order valence-electron chi connectivity index (χ4n) is 2.05. The number of hydrogen-bond acceptors (Lipinski definition) is 5. The Labute approximate surface area is 114 Å². The third kappa shape index (κ3) is 2.66. The van der Waals surface area contributed by atoms with E-state index in [0.717, 1.165) is 6.42 Å². The van der Waals surface area contributed by atoms with E-state index in [-0.39, 0.29) is 16.8 Å². The van der Waals surface area contributed by atoms with Crippen LogP contribution in [0.4, 0.5) is 5.69 Å². The van der Waals surface area contributed by atoms with Gasteiger partial charge in [-0.1, -0.05) is 11.6 Å². The van der Waals surface area contributed by atoms with Crippen molar-refractivity contribution in [1.29, 1.82) is 0 Å². The molecule has 1 unspecified atom stereocenters. The molecule has 1 aromatic heterocycles. The summed E-state index contributed by atoms with van der Waals surface area (Å²) < 4.78 is 5.16. The van der Waals surface area contributed by atoms with Crippen molar-refractivity contribution in [3.63, 3.8) is 0 Å². The van der Waals surface area contributed by atoms with Gasteiger partial charge in [-0.3, -0.25) is 14.9 Å². The molecule has 1 amide bonds. The third-order valence-electron chi connectivity index (χ3n) is 3.06. The molecular formula is C11H12ClN3O4. The number of likely N-dealkylation sites (tertiary alicyclic amines) is 1. The van der Waals surface area contributed by atoms with Crippen LogP contribution in [0.25, 0.3) is 0 Å². The maximum Gasteiger partial charge on any atom is 0.319 e. The molecule has 0 saturated carbocycles. The maximum absolute atomic E-state index is 12.3. The van der Waals surface area contributed by atoms with Gasteiger partial charge in [-0.15, -0.1) is 0 Å². The van der Waals surface area contributed by atoms with Crippen LogP contribution in [0.1, 0.15) is 16.8 Å². The summed E-state index contributed by atoms with van der Waals surface area (Å²) in [5.41, 5.74) is -0.489. The molecule has 19 heavy (non-hydrogen) atoms. The van der Waals surface area contributed by atoms with Gasteiger partial charge in [-0.25, -0.2) is 4.98 Å². The Morgan fingerprint density at radius 3 is 3.00 bits per heavy atom. The molecule has 7 nitrogen and oxygen atoms in total. The molecule has 102 valence electrons. The summed E-state index contributed by atoms with van der Waals surface area (Å²) in [6, 6.07) is 1.31. The highest BCUT2D eigenvalue weighted by atomic mass is 35.5. The van der Waals surface area contributed by atoms with Crippen molar-refractivity contribution in [2.45, 2.75) is 12.5 Å². The minimum Gasteiger partial charge on any atom is -0.380 e. The number of carbonyl (C=O) groups excluding carboxylic acids is 1. The number of pyridine rings is 1. The second kappa shape index (κ2) is 5.50. The SMILES string of the molecule is COC1CCN(C(=O)c2ccnc(Cl)c2[N+](=O)[O-])C1. The minimum atomic E-state index is -0.688. The molecule has 0 aliphatic carbocycles. The van der Waals surface area contributed by atoms with Gasteiger partial charge in [0.15, 0.2) is 0 Å². The Balaban J connectivity index is 2.30. The number of methoxy groups -OCH3 is 1. The van der Waals surface area contributed by atoms with Crippen LogP contribution in [-0.2, 0) is 4.74 Å². The zero-order valence-corrected chi connectivity index (χ0v) is 11.0. The number of nitro groups is 1.